The van der Waals surface area contributed by atoms with E-state index in [9.17, 15) is 4.79 Å². The number of nitrogens with one attached hydrogen (secondary N) is 2. The lowest BCUT2D eigenvalue weighted by Gasteiger charge is -2.14. The highest BCUT2D eigenvalue weighted by Gasteiger charge is 2.18. The number of nitrogens with zero attached hydrogens (tertiary/aromatic N) is 1. The Kier molecular flexibility index (Phi) is 7.31. The number of carbonyl (C=O) groups excluding carboxylic acids is 1. The van der Waals surface area contributed by atoms with E-state index < -0.39 is 5.91 Å². The summed E-state index contributed by atoms with van der Waals surface area (Å²) < 4.78 is 11.2. The molecule has 2 N–H and O–H groups in total. The number of aromatic nitrogens is 1. The summed E-state index contributed by atoms with van der Waals surface area (Å²) in [5, 5.41) is 6.35. The Morgan fingerprint density at radius 2 is 1.89 bits per heavy atom. The number of rotatable bonds is 5. The summed E-state index contributed by atoms with van der Waals surface area (Å²) in [7, 11) is 1.42. The smallest absolute Gasteiger partial charge is 0.261 e. The summed E-state index contributed by atoms with van der Waals surface area (Å²) in [4.78, 5) is 17.5. The summed E-state index contributed by atoms with van der Waals surface area (Å²) in [5.74, 6) is 0.606. The highest BCUT2D eigenvalue weighted by Crippen LogP contribution is 2.32. The number of fused-ring (bicyclic) bond motifs is 1. The van der Waals surface area contributed by atoms with Gasteiger partial charge in [0.25, 0.3) is 5.91 Å². The molecule has 6 nitrogen and oxygen atoms in total. The lowest BCUT2D eigenvalue weighted by Crippen LogP contribution is -2.34. The van der Waals surface area contributed by atoms with Crippen LogP contribution in [0.25, 0.3) is 22.6 Å². The molecule has 3 aromatic carbocycles. The molecule has 0 radical (unpaired) electrons. The van der Waals surface area contributed by atoms with Crippen molar-refractivity contribution in [3.05, 3.63) is 75.3 Å². The van der Waals surface area contributed by atoms with Crippen molar-refractivity contribution >= 4 is 63.2 Å². The van der Waals surface area contributed by atoms with Gasteiger partial charge in [-0.15, -0.1) is 0 Å². The fraction of sp³-hybridized carbons (Fsp3) is 0.192. The number of ether oxygens (including phenoxy) is 1. The Balaban J connectivity index is 1.55. The summed E-state index contributed by atoms with van der Waals surface area (Å²) in [6.45, 7) is 6.20. The lowest BCUT2D eigenvalue weighted by molar-refractivity contribution is 0.0974. The van der Waals surface area contributed by atoms with E-state index in [1.807, 2.05) is 43.3 Å². The highest BCUT2D eigenvalue weighted by molar-refractivity contribution is 7.80. The van der Waals surface area contributed by atoms with Crippen molar-refractivity contribution in [3.8, 4) is 17.2 Å². The average molecular weight is 528 g/mol. The molecule has 0 aliphatic carbocycles. The quantitative estimate of drug-likeness (QED) is 0.264. The monoisotopic (exact) mass is 527 g/mol. The van der Waals surface area contributed by atoms with Gasteiger partial charge in [0.15, 0.2) is 10.7 Å². The molecule has 1 aromatic heterocycles. The number of halogens is 2. The van der Waals surface area contributed by atoms with Crippen molar-refractivity contribution in [1.82, 2.24) is 10.3 Å². The number of hydrogen-bond donors (Lipinski definition) is 2. The summed E-state index contributed by atoms with van der Waals surface area (Å²) in [6, 6.07) is 14.7. The predicted octanol–water partition coefficient (Wildman–Crippen LogP) is 7.37. The fourth-order valence-electron chi connectivity index (χ4n) is 3.58. The van der Waals surface area contributed by atoms with Crippen LogP contribution in [0.2, 0.25) is 10.0 Å². The first-order valence-corrected chi connectivity index (χ1v) is 12.0. The molecule has 35 heavy (non-hydrogen) atoms. The molecule has 0 unspecified atom stereocenters. The second-order valence-electron chi connectivity index (χ2n) is 8.31. The second kappa shape index (κ2) is 10.2. The molecule has 0 aliphatic heterocycles. The third-order valence-electron chi connectivity index (χ3n) is 5.50. The highest BCUT2D eigenvalue weighted by atomic mass is 35.5. The molecule has 4 aromatic rings. The minimum atomic E-state index is -0.502. The zero-order valence-corrected chi connectivity index (χ0v) is 21.9. The van der Waals surface area contributed by atoms with Crippen molar-refractivity contribution in [1.29, 1.82) is 0 Å². The molecule has 0 aliphatic rings. The minimum absolute atomic E-state index is 0.104. The molecular weight excluding hydrogens is 505 g/mol. The zero-order valence-electron chi connectivity index (χ0n) is 19.5. The first kappa shape index (κ1) is 25.0. The summed E-state index contributed by atoms with van der Waals surface area (Å²) in [6.07, 6.45) is 0. The number of amides is 1. The van der Waals surface area contributed by atoms with E-state index in [-0.39, 0.29) is 21.4 Å². The normalized spacial score (nSPS) is 11.1. The molecule has 0 saturated heterocycles. The van der Waals surface area contributed by atoms with Gasteiger partial charge in [-0.25, -0.2) is 4.98 Å². The van der Waals surface area contributed by atoms with Crippen LogP contribution < -0.4 is 15.4 Å². The Morgan fingerprint density at radius 3 is 2.60 bits per heavy atom. The molecule has 0 atom stereocenters. The molecule has 1 heterocycles. The number of anilines is 1. The topological polar surface area (TPSA) is 76.4 Å². The molecule has 1 amide bonds. The molecule has 0 fully saturated rings. The van der Waals surface area contributed by atoms with Crippen molar-refractivity contribution in [2.45, 2.75) is 26.7 Å². The third-order valence-corrected chi connectivity index (χ3v) is 6.20. The van der Waals surface area contributed by atoms with Crippen LogP contribution in [0.3, 0.4) is 0 Å². The van der Waals surface area contributed by atoms with Gasteiger partial charge in [0.1, 0.15) is 11.3 Å². The maximum Gasteiger partial charge on any atom is 0.261 e. The predicted molar refractivity (Wildman–Crippen MR) is 145 cm³/mol. The Morgan fingerprint density at radius 1 is 1.11 bits per heavy atom. The van der Waals surface area contributed by atoms with Crippen LogP contribution in [-0.2, 0) is 0 Å². The van der Waals surface area contributed by atoms with Crippen LogP contribution in [-0.4, -0.2) is 23.1 Å². The van der Waals surface area contributed by atoms with E-state index in [0.29, 0.717) is 22.5 Å². The van der Waals surface area contributed by atoms with Gasteiger partial charge >= 0.3 is 0 Å². The Bertz CT molecular complexity index is 1450. The Labute approximate surface area is 218 Å². The maximum atomic E-state index is 12.8. The van der Waals surface area contributed by atoms with Crippen LogP contribution >= 0.6 is 35.4 Å². The standard InChI is InChI=1S/C26H23Cl2N3O3S/c1-13(2)15-7-8-22-21(9-15)29-25(34-22)16-6-5-14(3)20(10-16)30-26(35)31-24(32)18-11-17(27)12-19(28)23(18)33-4/h5-13H,1-4H3,(H2,30,31,32,35). The number of hydrogen-bond acceptors (Lipinski definition) is 5. The van der Waals surface area contributed by atoms with Crippen LogP contribution in [0.5, 0.6) is 5.75 Å². The van der Waals surface area contributed by atoms with Gasteiger partial charge < -0.3 is 14.5 Å². The Hall–Kier alpha value is -3.13. The van der Waals surface area contributed by atoms with Crippen molar-refractivity contribution in [3.63, 3.8) is 0 Å². The van der Waals surface area contributed by atoms with E-state index in [2.05, 4.69) is 29.5 Å². The van der Waals surface area contributed by atoms with Gasteiger partial charge in [-0.3, -0.25) is 10.1 Å². The van der Waals surface area contributed by atoms with E-state index in [4.69, 9.17) is 44.6 Å². The van der Waals surface area contributed by atoms with Crippen molar-refractivity contribution in [2.75, 3.05) is 12.4 Å². The van der Waals surface area contributed by atoms with Gasteiger partial charge in [-0.2, -0.15) is 0 Å². The van der Waals surface area contributed by atoms with E-state index in [1.54, 1.807) is 0 Å². The number of aryl methyl sites for hydroxylation is 1. The van der Waals surface area contributed by atoms with Gasteiger partial charge in [-0.1, -0.05) is 49.2 Å². The zero-order chi connectivity index (χ0) is 25.3. The number of methoxy groups -OCH3 is 1. The van der Waals surface area contributed by atoms with Gasteiger partial charge in [0.05, 0.1) is 17.7 Å². The van der Waals surface area contributed by atoms with Crippen molar-refractivity contribution < 1.29 is 13.9 Å². The molecular formula is C26H23Cl2N3O3S. The summed E-state index contributed by atoms with van der Waals surface area (Å²) in [5.41, 5.74) is 5.29. The molecule has 0 bridgehead atoms. The first-order valence-electron chi connectivity index (χ1n) is 10.8. The first-order chi connectivity index (χ1) is 16.7. The molecule has 0 spiro atoms. The van der Waals surface area contributed by atoms with E-state index in [1.165, 1.54) is 24.8 Å². The lowest BCUT2D eigenvalue weighted by atomic mass is 10.0. The van der Waals surface area contributed by atoms with Crippen molar-refractivity contribution in [2.24, 2.45) is 0 Å². The summed E-state index contributed by atoms with van der Waals surface area (Å²) >= 11 is 17.6. The number of carbonyl (C=O) groups is 1. The average Bonchev–Trinajstić information content (AvgIpc) is 3.23. The maximum absolute atomic E-state index is 12.8. The second-order valence-corrected chi connectivity index (χ2v) is 9.56. The number of benzene rings is 3. The third kappa shape index (κ3) is 5.42. The number of thiocarbonyl (C=S) groups is 1. The molecule has 180 valence electrons. The molecule has 4 rings (SSSR count). The van der Waals surface area contributed by atoms with Crippen LogP contribution in [0.1, 0.15) is 41.3 Å². The minimum Gasteiger partial charge on any atom is -0.494 e. The molecule has 0 saturated carbocycles. The van der Waals surface area contributed by atoms with Crippen LogP contribution in [0, 0.1) is 6.92 Å². The molecule has 9 heteroatoms. The van der Waals surface area contributed by atoms with Gasteiger partial charge in [0.2, 0.25) is 5.89 Å². The van der Waals surface area contributed by atoms with E-state index in [0.717, 1.165) is 22.2 Å². The van der Waals surface area contributed by atoms with Crippen LogP contribution in [0.15, 0.2) is 52.9 Å². The largest absolute Gasteiger partial charge is 0.494 e. The fourth-order valence-corrected chi connectivity index (χ4v) is 4.35. The van der Waals surface area contributed by atoms with Gasteiger partial charge in [0, 0.05) is 16.3 Å². The van der Waals surface area contributed by atoms with Gasteiger partial charge in [-0.05, 0) is 72.6 Å². The number of oxazole rings is 1. The van der Waals surface area contributed by atoms with Crippen LogP contribution in [0.4, 0.5) is 5.69 Å². The van der Waals surface area contributed by atoms with E-state index >= 15 is 0 Å². The SMILES string of the molecule is COc1c(Cl)cc(Cl)cc1C(=O)NC(=S)Nc1cc(-c2nc3cc(C(C)C)ccc3o2)ccc1C.